The van der Waals surface area contributed by atoms with Crippen molar-refractivity contribution in [3.05, 3.63) is 58.4 Å². The zero-order valence-corrected chi connectivity index (χ0v) is 10.2. The van der Waals surface area contributed by atoms with Crippen LogP contribution in [0.5, 0.6) is 0 Å². The molecule has 2 N–H and O–H groups in total. The molecule has 90 valence electrons. The second kappa shape index (κ2) is 3.59. The van der Waals surface area contributed by atoms with Gasteiger partial charge in [0.05, 0.1) is 6.61 Å². The zero-order valence-electron chi connectivity index (χ0n) is 10.2. The number of aromatic nitrogens is 1. The van der Waals surface area contributed by atoms with Crippen LogP contribution >= 0.6 is 0 Å². The Balaban J connectivity index is 1.90. The van der Waals surface area contributed by atoms with Gasteiger partial charge in [0.1, 0.15) is 0 Å². The van der Waals surface area contributed by atoms with E-state index >= 15 is 0 Å². The van der Waals surface area contributed by atoms with E-state index in [1.807, 2.05) is 12.3 Å². The quantitative estimate of drug-likeness (QED) is 0.786. The van der Waals surface area contributed by atoms with Gasteiger partial charge in [-0.3, -0.25) is 0 Å². The summed E-state index contributed by atoms with van der Waals surface area (Å²) in [5, 5.41) is 9.27. The van der Waals surface area contributed by atoms with Crippen LogP contribution in [0.4, 0.5) is 0 Å². The molecular weight excluding hydrogens is 222 g/mol. The summed E-state index contributed by atoms with van der Waals surface area (Å²) in [4.78, 5) is 3.35. The van der Waals surface area contributed by atoms with E-state index in [1.54, 1.807) is 0 Å². The van der Waals surface area contributed by atoms with Crippen molar-refractivity contribution in [2.45, 2.75) is 25.9 Å². The van der Waals surface area contributed by atoms with Crippen molar-refractivity contribution >= 4 is 11.1 Å². The van der Waals surface area contributed by atoms with Gasteiger partial charge in [-0.2, -0.15) is 0 Å². The molecule has 0 amide bonds. The maximum absolute atomic E-state index is 9.27. The fourth-order valence-electron chi connectivity index (χ4n) is 3.30. The molecular formula is C16H15NO. The summed E-state index contributed by atoms with van der Waals surface area (Å²) in [6.07, 6.45) is 5.30. The van der Waals surface area contributed by atoms with Crippen molar-refractivity contribution < 1.29 is 5.11 Å². The Bertz CT molecular complexity index is 663. The lowest BCUT2D eigenvalue weighted by molar-refractivity contribution is 0.282. The number of nitrogens with one attached hydrogen (secondary N) is 1. The van der Waals surface area contributed by atoms with Gasteiger partial charge in [0.15, 0.2) is 0 Å². The van der Waals surface area contributed by atoms with Crippen LogP contribution in [0.15, 0.2) is 30.5 Å². The fraction of sp³-hybridized carbons (Fsp3) is 0.250. The number of aliphatic hydroxyl groups is 1. The molecule has 18 heavy (non-hydrogen) atoms. The highest BCUT2D eigenvalue weighted by Crippen LogP contribution is 2.44. The maximum atomic E-state index is 9.27. The summed E-state index contributed by atoms with van der Waals surface area (Å²) in [6.45, 7) is 0.130. The highest BCUT2D eigenvalue weighted by Gasteiger charge is 2.27. The summed E-state index contributed by atoms with van der Waals surface area (Å²) in [6, 6.07) is 8.57. The Morgan fingerprint density at radius 1 is 1.06 bits per heavy atom. The fourth-order valence-corrected chi connectivity index (χ4v) is 3.30. The molecule has 2 aliphatic carbocycles. The van der Waals surface area contributed by atoms with Crippen LogP contribution in [0.1, 0.15) is 34.4 Å². The minimum Gasteiger partial charge on any atom is -0.392 e. The van der Waals surface area contributed by atoms with Crippen LogP contribution in [0.2, 0.25) is 0 Å². The number of H-pyrrole nitrogens is 1. The lowest BCUT2D eigenvalue weighted by atomic mass is 9.90. The Kier molecular flexibility index (Phi) is 2.03. The molecule has 0 unspecified atom stereocenters. The standard InChI is InChI=1S/C16H15NO/c18-9-10-1-2-11-8-15-12(14(11)7-10)3-4-16-13(15)5-6-17-16/h1-2,5-7,17-18H,3-4,8-9H2. The van der Waals surface area contributed by atoms with Crippen LogP contribution < -0.4 is 0 Å². The van der Waals surface area contributed by atoms with E-state index in [4.69, 9.17) is 0 Å². The predicted molar refractivity (Wildman–Crippen MR) is 72.0 cm³/mol. The van der Waals surface area contributed by atoms with E-state index in [1.165, 1.54) is 33.5 Å². The topological polar surface area (TPSA) is 36.0 Å². The van der Waals surface area contributed by atoms with E-state index in [0.717, 1.165) is 24.8 Å². The van der Waals surface area contributed by atoms with Crippen molar-refractivity contribution in [3.63, 3.8) is 0 Å². The summed E-state index contributed by atoms with van der Waals surface area (Å²) < 4.78 is 0. The van der Waals surface area contributed by atoms with E-state index in [9.17, 15) is 5.11 Å². The first-order valence-corrected chi connectivity index (χ1v) is 6.48. The van der Waals surface area contributed by atoms with E-state index < -0.39 is 0 Å². The van der Waals surface area contributed by atoms with Crippen molar-refractivity contribution in [1.82, 2.24) is 4.98 Å². The average molecular weight is 237 g/mol. The van der Waals surface area contributed by atoms with Crippen LogP contribution in [0.3, 0.4) is 0 Å². The molecule has 2 aromatic rings. The minimum atomic E-state index is 0.130. The van der Waals surface area contributed by atoms with Gasteiger partial charge in [0.2, 0.25) is 0 Å². The molecule has 2 nitrogen and oxygen atoms in total. The highest BCUT2D eigenvalue weighted by molar-refractivity contribution is 5.99. The molecule has 0 spiro atoms. The van der Waals surface area contributed by atoms with E-state index in [2.05, 4.69) is 23.2 Å². The number of aliphatic hydroxyl groups excluding tert-OH is 1. The van der Waals surface area contributed by atoms with Crippen LogP contribution in [0.25, 0.3) is 11.1 Å². The molecule has 0 aliphatic heterocycles. The Labute approximate surface area is 106 Å². The number of fused-ring (bicyclic) bond motifs is 4. The summed E-state index contributed by atoms with van der Waals surface area (Å²) in [7, 11) is 0. The number of allylic oxidation sites excluding steroid dienone is 2. The summed E-state index contributed by atoms with van der Waals surface area (Å²) >= 11 is 0. The average Bonchev–Trinajstić information content (AvgIpc) is 3.01. The van der Waals surface area contributed by atoms with Crippen molar-refractivity contribution in [2.24, 2.45) is 0 Å². The van der Waals surface area contributed by atoms with Gasteiger partial charge in [0.25, 0.3) is 0 Å². The maximum Gasteiger partial charge on any atom is 0.0682 e. The molecule has 2 aliphatic rings. The number of rotatable bonds is 1. The second-order valence-electron chi connectivity index (χ2n) is 5.15. The highest BCUT2D eigenvalue weighted by atomic mass is 16.3. The summed E-state index contributed by atoms with van der Waals surface area (Å²) in [5.74, 6) is 0. The molecule has 0 fully saturated rings. The van der Waals surface area contributed by atoms with Gasteiger partial charge in [-0.05, 0) is 64.8 Å². The first-order valence-electron chi connectivity index (χ1n) is 6.48. The molecule has 1 aromatic carbocycles. The number of aryl methyl sites for hydroxylation is 1. The number of hydrogen-bond acceptors (Lipinski definition) is 1. The smallest absolute Gasteiger partial charge is 0.0682 e. The molecule has 1 aromatic heterocycles. The third-order valence-corrected chi connectivity index (χ3v) is 4.20. The number of benzene rings is 1. The first kappa shape index (κ1) is 10.2. The lowest BCUT2D eigenvalue weighted by Gasteiger charge is -2.15. The second-order valence-corrected chi connectivity index (χ2v) is 5.15. The Hall–Kier alpha value is -1.80. The van der Waals surface area contributed by atoms with Crippen molar-refractivity contribution in [1.29, 1.82) is 0 Å². The van der Waals surface area contributed by atoms with Crippen molar-refractivity contribution in [3.8, 4) is 0 Å². The van der Waals surface area contributed by atoms with E-state index in [0.29, 0.717) is 0 Å². The summed E-state index contributed by atoms with van der Waals surface area (Å²) in [5.41, 5.74) is 9.55. The minimum absolute atomic E-state index is 0.130. The zero-order chi connectivity index (χ0) is 12.1. The molecule has 0 atom stereocenters. The molecule has 1 heterocycles. The molecule has 0 saturated carbocycles. The molecule has 0 radical (unpaired) electrons. The van der Waals surface area contributed by atoms with Gasteiger partial charge in [-0.1, -0.05) is 12.1 Å². The monoisotopic (exact) mass is 237 g/mol. The van der Waals surface area contributed by atoms with Gasteiger partial charge >= 0.3 is 0 Å². The third-order valence-electron chi connectivity index (χ3n) is 4.20. The van der Waals surface area contributed by atoms with Crippen LogP contribution in [0, 0.1) is 0 Å². The normalized spacial score (nSPS) is 16.5. The lowest BCUT2D eigenvalue weighted by Crippen LogP contribution is -2.00. The van der Waals surface area contributed by atoms with Gasteiger partial charge < -0.3 is 10.1 Å². The third kappa shape index (κ3) is 1.27. The largest absolute Gasteiger partial charge is 0.392 e. The van der Waals surface area contributed by atoms with Crippen LogP contribution in [-0.4, -0.2) is 10.1 Å². The SMILES string of the molecule is OCc1ccc2c(c1)C1=C(C2)c2cc[nH]c2CC1. The number of hydrogen-bond donors (Lipinski definition) is 2. The Morgan fingerprint density at radius 3 is 2.89 bits per heavy atom. The van der Waals surface area contributed by atoms with Crippen molar-refractivity contribution in [2.75, 3.05) is 0 Å². The first-order chi connectivity index (χ1) is 8.86. The predicted octanol–water partition coefficient (Wildman–Crippen LogP) is 2.92. The van der Waals surface area contributed by atoms with Gasteiger partial charge in [-0.25, -0.2) is 0 Å². The number of aromatic amines is 1. The molecule has 4 rings (SSSR count). The van der Waals surface area contributed by atoms with E-state index in [-0.39, 0.29) is 6.61 Å². The van der Waals surface area contributed by atoms with Gasteiger partial charge in [-0.15, -0.1) is 0 Å². The van der Waals surface area contributed by atoms with Gasteiger partial charge in [0, 0.05) is 11.9 Å². The van der Waals surface area contributed by atoms with Crippen LogP contribution in [-0.2, 0) is 19.4 Å². The molecule has 0 bridgehead atoms. The molecule has 0 saturated heterocycles. The molecule has 2 heteroatoms. The Morgan fingerprint density at radius 2 is 2.00 bits per heavy atom.